The maximum Gasteiger partial charge on any atom is 0.416 e. The summed E-state index contributed by atoms with van der Waals surface area (Å²) in [5.74, 6) is -0.742. The number of carbonyl (C=O) groups is 2. The van der Waals surface area contributed by atoms with Crippen molar-refractivity contribution in [2.24, 2.45) is 0 Å². The van der Waals surface area contributed by atoms with Crippen LogP contribution in [0.4, 0.5) is 24.5 Å². The van der Waals surface area contributed by atoms with Crippen molar-refractivity contribution in [3.8, 4) is 0 Å². The topological polar surface area (TPSA) is 160 Å². The number of hydrogen-bond donors (Lipinski definition) is 2. The Morgan fingerprint density at radius 1 is 1.17 bits per heavy atom. The molecule has 0 unspecified atom stereocenters. The molecule has 6 rings (SSSR count). The first-order valence-electron chi connectivity index (χ1n) is 14.5. The predicted molar refractivity (Wildman–Crippen MR) is 166 cm³/mol. The van der Waals surface area contributed by atoms with Crippen LogP contribution in [0.15, 0.2) is 33.9 Å². The van der Waals surface area contributed by atoms with Gasteiger partial charge in [0, 0.05) is 37.9 Å². The molecular formula is C28H27ClF3N9O5S. The summed E-state index contributed by atoms with van der Waals surface area (Å²) in [6.07, 6.45) is -1.98. The Morgan fingerprint density at radius 2 is 1.94 bits per heavy atom. The van der Waals surface area contributed by atoms with Gasteiger partial charge < -0.3 is 24.4 Å². The third kappa shape index (κ3) is 6.39. The van der Waals surface area contributed by atoms with Crippen LogP contribution in [-0.2, 0) is 28.7 Å². The Bertz CT molecular complexity index is 2010. The second-order valence-electron chi connectivity index (χ2n) is 10.7. The van der Waals surface area contributed by atoms with Gasteiger partial charge in [-0.1, -0.05) is 24.6 Å². The monoisotopic (exact) mass is 693 g/mol. The molecule has 4 aromatic rings. The molecule has 2 N–H and O–H groups in total. The Kier molecular flexibility index (Phi) is 8.91. The molecule has 0 aliphatic carbocycles. The zero-order chi connectivity index (χ0) is 33.5. The minimum Gasteiger partial charge on any atom is -0.377 e. The number of hydrogen-bond acceptors (Lipinski definition) is 10. The highest BCUT2D eigenvalue weighted by atomic mass is 35.5. The van der Waals surface area contributed by atoms with Crippen molar-refractivity contribution >= 4 is 57.9 Å². The van der Waals surface area contributed by atoms with Crippen LogP contribution < -0.4 is 21.3 Å². The zero-order valence-corrected chi connectivity index (χ0v) is 26.3. The summed E-state index contributed by atoms with van der Waals surface area (Å²) in [6.45, 7) is 3.09. The number of piperazine rings is 1. The van der Waals surface area contributed by atoms with Crippen LogP contribution in [0, 0.1) is 0 Å². The van der Waals surface area contributed by atoms with Gasteiger partial charge >= 0.3 is 6.18 Å². The lowest BCUT2D eigenvalue weighted by Crippen LogP contribution is -2.51. The van der Waals surface area contributed by atoms with Crippen LogP contribution in [0.25, 0.3) is 11.4 Å². The number of halogens is 4. The smallest absolute Gasteiger partial charge is 0.377 e. The summed E-state index contributed by atoms with van der Waals surface area (Å²) in [5, 5.41) is 6.77. The molecule has 19 heteroatoms. The highest BCUT2D eigenvalue weighted by Gasteiger charge is 2.32. The molecule has 0 spiro atoms. The Labute approximate surface area is 272 Å². The van der Waals surface area contributed by atoms with Crippen molar-refractivity contribution in [1.29, 1.82) is 0 Å². The molecule has 248 valence electrons. The quantitative estimate of drug-likeness (QED) is 0.297. The van der Waals surface area contributed by atoms with Crippen molar-refractivity contribution in [3.05, 3.63) is 72.8 Å². The number of benzene rings is 1. The van der Waals surface area contributed by atoms with E-state index in [0.29, 0.717) is 37.6 Å². The van der Waals surface area contributed by atoms with E-state index in [2.05, 4.69) is 24.1 Å². The largest absolute Gasteiger partial charge is 0.416 e. The average molecular weight is 694 g/mol. The Balaban J connectivity index is 1.36. The van der Waals surface area contributed by atoms with Gasteiger partial charge in [-0.15, -0.1) is 5.10 Å². The van der Waals surface area contributed by atoms with Gasteiger partial charge in [-0.25, -0.2) is 0 Å². The maximum atomic E-state index is 14.1. The van der Waals surface area contributed by atoms with Crippen molar-refractivity contribution in [2.75, 3.05) is 49.6 Å². The van der Waals surface area contributed by atoms with Gasteiger partial charge in [-0.05, 0) is 36.6 Å². The molecule has 3 aromatic heterocycles. The van der Waals surface area contributed by atoms with E-state index in [-0.39, 0.29) is 60.6 Å². The number of amides is 2. The van der Waals surface area contributed by atoms with Gasteiger partial charge in [0.05, 0.1) is 35.2 Å². The Morgan fingerprint density at radius 3 is 2.55 bits per heavy atom. The molecule has 1 aromatic carbocycles. The van der Waals surface area contributed by atoms with E-state index in [1.54, 1.807) is 9.47 Å². The summed E-state index contributed by atoms with van der Waals surface area (Å²) in [7, 11) is 0. The number of ether oxygens (including phenoxy) is 1. The van der Waals surface area contributed by atoms with Gasteiger partial charge in [0.25, 0.3) is 17.0 Å². The normalized spacial score (nSPS) is 15.6. The summed E-state index contributed by atoms with van der Waals surface area (Å²) in [4.78, 5) is 60.2. The summed E-state index contributed by atoms with van der Waals surface area (Å²) in [6, 6.07) is 2.62. The molecule has 47 heavy (non-hydrogen) atoms. The number of aromatic amines is 1. The zero-order valence-electron chi connectivity index (χ0n) is 24.8. The molecule has 2 amide bonds. The summed E-state index contributed by atoms with van der Waals surface area (Å²) in [5.41, 5.74) is -0.715. The predicted octanol–water partition coefficient (Wildman–Crippen LogP) is 2.68. The van der Waals surface area contributed by atoms with E-state index in [9.17, 15) is 32.3 Å². The van der Waals surface area contributed by atoms with Crippen LogP contribution in [0.2, 0.25) is 5.02 Å². The number of carbonyl (C=O) groups excluding carboxylic acids is 2. The van der Waals surface area contributed by atoms with Crippen LogP contribution in [0.3, 0.4) is 0 Å². The van der Waals surface area contributed by atoms with Crippen LogP contribution in [-0.4, -0.2) is 84.0 Å². The molecule has 1 saturated heterocycles. The van der Waals surface area contributed by atoms with Gasteiger partial charge in [-0.3, -0.25) is 23.6 Å². The molecule has 0 atom stereocenters. The lowest BCUT2D eigenvalue weighted by molar-refractivity contribution is -0.137. The highest BCUT2D eigenvalue weighted by Crippen LogP contribution is 2.34. The molecule has 0 saturated carbocycles. The summed E-state index contributed by atoms with van der Waals surface area (Å²) < 4.78 is 53.8. The molecule has 0 bridgehead atoms. The molecule has 2 aliphatic heterocycles. The Hall–Kier alpha value is -4.55. The molecule has 2 aliphatic rings. The first-order chi connectivity index (χ1) is 22.5. The van der Waals surface area contributed by atoms with Crippen molar-refractivity contribution in [1.82, 2.24) is 32.8 Å². The summed E-state index contributed by atoms with van der Waals surface area (Å²) >= 11 is 6.87. The fourth-order valence-electron chi connectivity index (χ4n) is 5.54. The number of H-pyrrole nitrogens is 1. The number of alkyl halides is 3. The number of nitrogens with zero attached hydrogens (tertiary/aromatic N) is 7. The number of fused-ring (bicyclic) bond motifs is 1. The van der Waals surface area contributed by atoms with Crippen LogP contribution in [0.5, 0.6) is 0 Å². The second kappa shape index (κ2) is 12.9. The van der Waals surface area contributed by atoms with E-state index in [1.807, 2.05) is 13.0 Å². The van der Waals surface area contributed by atoms with E-state index >= 15 is 0 Å². The highest BCUT2D eigenvalue weighted by molar-refractivity contribution is 6.99. The average Bonchev–Trinajstić information content (AvgIpc) is 3.70. The number of nitrogens with one attached hydrogen (secondary N) is 2. The lowest BCUT2D eigenvalue weighted by atomic mass is 10.1. The van der Waals surface area contributed by atoms with Crippen molar-refractivity contribution in [3.63, 3.8) is 0 Å². The molecule has 0 radical (unpaired) electrons. The van der Waals surface area contributed by atoms with E-state index in [0.717, 1.165) is 40.0 Å². The molecule has 14 nitrogen and oxygen atoms in total. The minimum atomic E-state index is -4.61. The van der Waals surface area contributed by atoms with Crippen LogP contribution in [0.1, 0.15) is 40.9 Å². The fraction of sp³-hybridized carbons (Fsp3) is 0.393. The first-order valence-corrected chi connectivity index (χ1v) is 15.7. The van der Waals surface area contributed by atoms with E-state index in [1.165, 1.54) is 4.90 Å². The standard InChI is InChI=1S/C28H27ClF3N9O5S/c1-2-19-22(38-7-9-39(10-8-38)25(44)21-24(43)37-47-36-21)26(45)41-27(34-23(35-41)15-5-11-46-12-6-15)40(19)14-20(42)33-18-4-3-16(13-17(18)29)28(30,31)32/h3-5,13H,2,6-12,14H2,1H3,(H,33,42)(H,37,43). The van der Waals surface area contributed by atoms with Gasteiger partial charge in [-0.2, -0.15) is 27.0 Å². The second-order valence-corrected chi connectivity index (χ2v) is 11.7. The third-order valence-corrected chi connectivity index (χ3v) is 8.72. The van der Waals surface area contributed by atoms with Gasteiger partial charge in [0.1, 0.15) is 12.2 Å². The fourth-order valence-corrected chi connectivity index (χ4v) is 6.25. The minimum absolute atomic E-state index is 0.0192. The molecule has 1 fully saturated rings. The van der Waals surface area contributed by atoms with Gasteiger partial charge in [0.2, 0.25) is 17.4 Å². The number of rotatable bonds is 7. The van der Waals surface area contributed by atoms with Crippen molar-refractivity contribution < 1.29 is 27.5 Å². The number of aromatic nitrogens is 6. The third-order valence-electron chi connectivity index (χ3n) is 7.86. The lowest BCUT2D eigenvalue weighted by Gasteiger charge is -2.36. The maximum absolute atomic E-state index is 14.1. The van der Waals surface area contributed by atoms with E-state index in [4.69, 9.17) is 16.3 Å². The number of anilines is 2. The van der Waals surface area contributed by atoms with Gasteiger partial charge in [0.15, 0.2) is 5.82 Å². The first kappa shape index (κ1) is 32.4. The molecular weight excluding hydrogens is 667 g/mol. The molecule has 5 heterocycles. The van der Waals surface area contributed by atoms with Crippen LogP contribution >= 0.6 is 23.3 Å². The van der Waals surface area contributed by atoms with Crippen molar-refractivity contribution in [2.45, 2.75) is 32.5 Å². The SMILES string of the molecule is CCc1c(N2CCN(C(=O)c3ns[nH]c3=O)CC2)c(=O)n2nc(C3=CCOCC3)nc2n1CC(=O)Nc1ccc(C(F)(F)F)cc1Cl. The van der Waals surface area contributed by atoms with E-state index < -0.39 is 34.7 Å².